The van der Waals surface area contributed by atoms with Crippen molar-refractivity contribution in [3.8, 4) is 0 Å². The van der Waals surface area contributed by atoms with Gasteiger partial charge < -0.3 is 15.1 Å². The van der Waals surface area contributed by atoms with E-state index in [-0.39, 0.29) is 30.7 Å². The van der Waals surface area contributed by atoms with Gasteiger partial charge in [-0.15, -0.1) is 0 Å². The molecule has 1 aliphatic rings. The molecule has 216 valence electrons. The first-order valence-corrected chi connectivity index (χ1v) is 14.7. The molecule has 0 fully saturated rings. The van der Waals surface area contributed by atoms with Crippen LogP contribution in [0.15, 0.2) is 91.0 Å². The fourth-order valence-corrected chi connectivity index (χ4v) is 5.78. The Labute approximate surface area is 252 Å². The van der Waals surface area contributed by atoms with Gasteiger partial charge in [0.05, 0.1) is 5.69 Å². The minimum Gasteiger partial charge on any atom is -0.350 e. The molecular weight excluding hydrogens is 546 g/mol. The van der Waals surface area contributed by atoms with E-state index in [9.17, 15) is 14.4 Å². The SMILES string of the molecule is CC(C)(C)NC(=O)C(Cc1ccccc1)N(Cc1cccc(Cl)c1)C(=O)CCCN1C(=O)c2cccc3cccc1c23. The number of carbonyl (C=O) groups is 3. The highest BCUT2D eigenvalue weighted by Gasteiger charge is 2.33. The number of halogens is 1. The van der Waals surface area contributed by atoms with Gasteiger partial charge in [0, 0.05) is 47.4 Å². The average molecular weight is 582 g/mol. The van der Waals surface area contributed by atoms with E-state index < -0.39 is 11.6 Å². The topological polar surface area (TPSA) is 69.7 Å². The third-order valence-electron chi connectivity index (χ3n) is 7.43. The molecule has 3 amide bonds. The minimum atomic E-state index is -0.732. The predicted molar refractivity (Wildman–Crippen MR) is 169 cm³/mol. The average Bonchev–Trinajstić information content (AvgIpc) is 3.22. The number of nitrogens with zero attached hydrogens (tertiary/aromatic N) is 2. The Morgan fingerprint density at radius 1 is 0.905 bits per heavy atom. The van der Waals surface area contributed by atoms with Crippen molar-refractivity contribution in [2.24, 2.45) is 0 Å². The van der Waals surface area contributed by atoms with Crippen molar-refractivity contribution < 1.29 is 14.4 Å². The predicted octanol–water partition coefficient (Wildman–Crippen LogP) is 6.79. The van der Waals surface area contributed by atoms with Crippen LogP contribution in [-0.2, 0) is 22.6 Å². The molecule has 1 aliphatic heterocycles. The van der Waals surface area contributed by atoms with Crippen LogP contribution in [0.1, 0.15) is 55.1 Å². The van der Waals surface area contributed by atoms with E-state index in [0.717, 1.165) is 27.6 Å². The third kappa shape index (κ3) is 6.66. The van der Waals surface area contributed by atoms with Crippen LogP contribution in [0.4, 0.5) is 5.69 Å². The number of rotatable bonds is 10. The molecule has 0 saturated heterocycles. The van der Waals surface area contributed by atoms with Crippen LogP contribution >= 0.6 is 11.6 Å². The molecular formula is C35H36ClN3O3. The molecule has 0 aromatic heterocycles. The molecule has 7 heteroatoms. The number of hydrogen-bond acceptors (Lipinski definition) is 3. The molecule has 0 radical (unpaired) electrons. The molecule has 0 bridgehead atoms. The highest BCUT2D eigenvalue weighted by atomic mass is 35.5. The lowest BCUT2D eigenvalue weighted by atomic mass is 10.00. The first kappa shape index (κ1) is 29.3. The Kier molecular flexibility index (Phi) is 8.64. The van der Waals surface area contributed by atoms with Crippen molar-refractivity contribution in [3.63, 3.8) is 0 Å². The van der Waals surface area contributed by atoms with Gasteiger partial charge in [-0.2, -0.15) is 0 Å². The summed E-state index contributed by atoms with van der Waals surface area (Å²) in [6.45, 7) is 6.43. The Morgan fingerprint density at radius 2 is 1.60 bits per heavy atom. The fourth-order valence-electron chi connectivity index (χ4n) is 5.57. The monoisotopic (exact) mass is 581 g/mol. The lowest BCUT2D eigenvalue weighted by molar-refractivity contribution is -0.142. The van der Waals surface area contributed by atoms with E-state index >= 15 is 0 Å². The van der Waals surface area contributed by atoms with E-state index in [1.54, 1.807) is 15.9 Å². The van der Waals surface area contributed by atoms with Gasteiger partial charge in [0.2, 0.25) is 11.8 Å². The Morgan fingerprint density at radius 3 is 2.31 bits per heavy atom. The van der Waals surface area contributed by atoms with Gasteiger partial charge in [-0.25, -0.2) is 0 Å². The summed E-state index contributed by atoms with van der Waals surface area (Å²) in [6, 6.07) is 28.0. The normalized spacial score (nSPS) is 13.3. The highest BCUT2D eigenvalue weighted by Crippen LogP contribution is 2.37. The first-order chi connectivity index (χ1) is 20.1. The van der Waals surface area contributed by atoms with E-state index in [0.29, 0.717) is 30.0 Å². The van der Waals surface area contributed by atoms with Crippen molar-refractivity contribution >= 4 is 45.8 Å². The molecule has 0 aliphatic carbocycles. The number of carbonyl (C=O) groups excluding carboxylic acids is 3. The molecule has 0 saturated carbocycles. The number of nitrogens with one attached hydrogen (secondary N) is 1. The zero-order chi connectivity index (χ0) is 29.9. The van der Waals surface area contributed by atoms with Crippen LogP contribution < -0.4 is 10.2 Å². The van der Waals surface area contributed by atoms with E-state index in [1.165, 1.54) is 0 Å². The quantitative estimate of drug-likeness (QED) is 0.224. The fraction of sp³-hybridized carbons (Fsp3) is 0.286. The Hall–Kier alpha value is -4.16. The first-order valence-electron chi connectivity index (χ1n) is 14.3. The van der Waals surface area contributed by atoms with Crippen molar-refractivity contribution in [3.05, 3.63) is 113 Å². The van der Waals surface area contributed by atoms with Gasteiger partial charge in [-0.3, -0.25) is 14.4 Å². The molecule has 4 aromatic carbocycles. The molecule has 1 N–H and O–H groups in total. The maximum atomic E-state index is 14.0. The molecule has 0 spiro atoms. The summed E-state index contributed by atoms with van der Waals surface area (Å²) in [6.07, 6.45) is 1.02. The standard InChI is InChI=1S/C35H36ClN3O3/c1-35(2,3)37-33(41)30(22-24-11-5-4-6-12-24)39(23-25-13-7-16-27(36)21-25)31(40)19-10-20-38-29-18-9-15-26-14-8-17-28(32(26)29)34(38)42/h4-9,11-18,21,30H,10,19-20,22-23H2,1-3H3,(H,37,41). The van der Waals surface area contributed by atoms with Crippen LogP contribution in [0.2, 0.25) is 5.02 Å². The van der Waals surface area contributed by atoms with Crippen LogP contribution in [0.25, 0.3) is 10.8 Å². The van der Waals surface area contributed by atoms with E-state index in [2.05, 4.69) is 5.32 Å². The maximum absolute atomic E-state index is 14.0. The van der Waals surface area contributed by atoms with Crippen molar-refractivity contribution in [1.82, 2.24) is 10.2 Å². The van der Waals surface area contributed by atoms with E-state index in [1.807, 2.05) is 106 Å². The van der Waals surface area contributed by atoms with Crippen molar-refractivity contribution in [2.75, 3.05) is 11.4 Å². The molecule has 6 nitrogen and oxygen atoms in total. The number of amides is 3. The summed E-state index contributed by atoms with van der Waals surface area (Å²) in [7, 11) is 0. The second-order valence-electron chi connectivity index (χ2n) is 11.8. The molecule has 1 atom stereocenters. The van der Waals surface area contributed by atoms with Gasteiger partial charge in [0.25, 0.3) is 5.91 Å². The molecule has 1 unspecified atom stereocenters. The maximum Gasteiger partial charge on any atom is 0.258 e. The van der Waals surface area contributed by atoms with Gasteiger partial charge in [0.15, 0.2) is 0 Å². The van der Waals surface area contributed by atoms with Gasteiger partial charge >= 0.3 is 0 Å². The summed E-state index contributed by atoms with van der Waals surface area (Å²) >= 11 is 6.29. The van der Waals surface area contributed by atoms with Crippen LogP contribution in [0.3, 0.4) is 0 Å². The summed E-state index contributed by atoms with van der Waals surface area (Å²) in [5.41, 5.74) is 2.91. The van der Waals surface area contributed by atoms with Crippen LogP contribution in [0, 0.1) is 0 Å². The number of benzene rings is 4. The van der Waals surface area contributed by atoms with Gasteiger partial charge in [-0.05, 0) is 68.0 Å². The Balaban J connectivity index is 1.39. The molecule has 42 heavy (non-hydrogen) atoms. The largest absolute Gasteiger partial charge is 0.350 e. The zero-order valence-electron chi connectivity index (χ0n) is 24.3. The molecule has 5 rings (SSSR count). The summed E-state index contributed by atoms with van der Waals surface area (Å²) in [5, 5.41) is 5.64. The summed E-state index contributed by atoms with van der Waals surface area (Å²) < 4.78 is 0. The minimum absolute atomic E-state index is 0.0449. The Bertz CT molecular complexity index is 1610. The number of anilines is 1. The lowest BCUT2D eigenvalue weighted by Gasteiger charge is -2.34. The second kappa shape index (κ2) is 12.4. The summed E-state index contributed by atoms with van der Waals surface area (Å²) in [5.74, 6) is -0.405. The molecule has 1 heterocycles. The van der Waals surface area contributed by atoms with Gasteiger partial charge in [-0.1, -0.05) is 78.3 Å². The highest BCUT2D eigenvalue weighted by molar-refractivity contribution is 6.30. The van der Waals surface area contributed by atoms with Gasteiger partial charge in [0.1, 0.15) is 6.04 Å². The van der Waals surface area contributed by atoms with E-state index in [4.69, 9.17) is 11.6 Å². The van der Waals surface area contributed by atoms with Crippen molar-refractivity contribution in [1.29, 1.82) is 0 Å². The van der Waals surface area contributed by atoms with Crippen molar-refractivity contribution in [2.45, 2.75) is 58.2 Å². The summed E-state index contributed by atoms with van der Waals surface area (Å²) in [4.78, 5) is 44.4. The third-order valence-corrected chi connectivity index (χ3v) is 7.67. The van der Waals surface area contributed by atoms with Crippen LogP contribution in [0.5, 0.6) is 0 Å². The van der Waals surface area contributed by atoms with Crippen LogP contribution in [-0.4, -0.2) is 40.7 Å². The second-order valence-corrected chi connectivity index (χ2v) is 12.3. The number of hydrogen-bond donors (Lipinski definition) is 1. The molecule has 4 aromatic rings. The smallest absolute Gasteiger partial charge is 0.258 e. The zero-order valence-corrected chi connectivity index (χ0v) is 25.0. The lowest BCUT2D eigenvalue weighted by Crippen LogP contribution is -2.54.